The topological polar surface area (TPSA) is 100.0 Å². The van der Waals surface area contributed by atoms with Crippen molar-refractivity contribution in [3.05, 3.63) is 52.2 Å². The van der Waals surface area contributed by atoms with Gasteiger partial charge in [0.25, 0.3) is 0 Å². The van der Waals surface area contributed by atoms with Crippen LogP contribution in [0.2, 0.25) is 10.0 Å². The van der Waals surface area contributed by atoms with Crippen LogP contribution in [0.4, 0.5) is 0 Å². The summed E-state index contributed by atoms with van der Waals surface area (Å²) in [6, 6.07) is 5.31. The van der Waals surface area contributed by atoms with Gasteiger partial charge >= 0.3 is 0 Å². The van der Waals surface area contributed by atoms with E-state index in [1.54, 1.807) is 18.3 Å². The van der Waals surface area contributed by atoms with E-state index in [-0.39, 0.29) is 20.0 Å². The molecule has 0 radical (unpaired) electrons. The normalized spacial score (nSPS) is 11.2. The molecule has 1 aromatic carbocycles. The Labute approximate surface area is 190 Å². The first-order valence-corrected chi connectivity index (χ1v) is 10.7. The summed E-state index contributed by atoms with van der Waals surface area (Å²) in [5.41, 5.74) is 1.41. The molecule has 8 nitrogen and oxygen atoms in total. The maximum absolute atomic E-state index is 8.61. The van der Waals surface area contributed by atoms with Crippen LogP contribution < -0.4 is 4.74 Å². The molecule has 0 aliphatic rings. The van der Waals surface area contributed by atoms with Crippen molar-refractivity contribution in [3.8, 4) is 17.2 Å². The number of ether oxygens (including phenoxy) is 3. The quantitative estimate of drug-likeness (QED) is 0.262. The fraction of sp³-hybridized carbons (Fsp3) is 0.429. The lowest BCUT2D eigenvalue weighted by atomic mass is 10.1. The minimum atomic E-state index is -0.0294. The number of oxazole rings is 1. The van der Waals surface area contributed by atoms with Crippen LogP contribution in [0.5, 0.6) is 5.75 Å². The number of aliphatic hydroxyl groups excluding tert-OH is 1. The number of nitrogens with zero attached hydrogens (tertiary/aromatic N) is 2. The molecule has 0 saturated heterocycles. The molecule has 0 aliphatic carbocycles. The lowest BCUT2D eigenvalue weighted by Gasteiger charge is -2.11. The van der Waals surface area contributed by atoms with E-state index in [1.807, 2.05) is 6.07 Å². The largest absolute Gasteiger partial charge is 0.490 e. The predicted octanol–water partition coefficient (Wildman–Crippen LogP) is 4.91. The Hall–Kier alpha value is -2.10. The molecule has 3 rings (SSSR count). The van der Waals surface area contributed by atoms with Crippen LogP contribution in [0.25, 0.3) is 11.5 Å². The monoisotopic (exact) mass is 470 g/mol. The van der Waals surface area contributed by atoms with Crippen LogP contribution in [-0.4, -0.2) is 41.9 Å². The molecule has 0 atom stereocenters. The average molecular weight is 471 g/mol. The molecule has 2 heterocycles. The highest BCUT2D eigenvalue weighted by Gasteiger charge is 2.13. The van der Waals surface area contributed by atoms with Crippen LogP contribution >= 0.6 is 23.2 Å². The van der Waals surface area contributed by atoms with Crippen molar-refractivity contribution in [2.45, 2.75) is 32.3 Å². The number of aryl methyl sites for hydroxylation is 1. The third-order valence-electron chi connectivity index (χ3n) is 4.25. The van der Waals surface area contributed by atoms with Gasteiger partial charge in [-0.25, -0.2) is 4.98 Å². The number of aromatic nitrogens is 2. The molecule has 0 bridgehead atoms. The van der Waals surface area contributed by atoms with Crippen molar-refractivity contribution in [2.75, 3.05) is 26.6 Å². The first-order chi connectivity index (χ1) is 15.2. The van der Waals surface area contributed by atoms with Crippen molar-refractivity contribution in [1.82, 2.24) is 10.1 Å². The molecule has 168 valence electrons. The van der Waals surface area contributed by atoms with Gasteiger partial charge in [-0.2, -0.15) is 0 Å². The standard InChI is InChI=1S/C21H24Cl2N2O6/c22-18-10-15(21-24-5-8-30-21)11-19(23)20(18)29-7-3-1-2-4-17-12-16(25-31-17)13-28-14-27-9-6-26/h5,8,10-12,26H,1-4,6-7,9,13-14H2. The van der Waals surface area contributed by atoms with Gasteiger partial charge in [-0.05, 0) is 31.4 Å². The third-order valence-corrected chi connectivity index (χ3v) is 4.81. The Morgan fingerprint density at radius 1 is 1.00 bits per heavy atom. The first kappa shape index (κ1) is 23.6. The average Bonchev–Trinajstić information content (AvgIpc) is 3.44. The van der Waals surface area contributed by atoms with Crippen molar-refractivity contribution in [2.24, 2.45) is 0 Å². The van der Waals surface area contributed by atoms with Crippen LogP contribution in [0.3, 0.4) is 0 Å². The van der Waals surface area contributed by atoms with Crippen molar-refractivity contribution in [3.63, 3.8) is 0 Å². The molecule has 10 heteroatoms. The Kier molecular flexibility index (Phi) is 9.64. The maximum Gasteiger partial charge on any atom is 0.225 e. The minimum absolute atomic E-state index is 0.0294. The lowest BCUT2D eigenvalue weighted by Crippen LogP contribution is -2.04. The smallest absolute Gasteiger partial charge is 0.225 e. The third kappa shape index (κ3) is 7.52. The highest BCUT2D eigenvalue weighted by Crippen LogP contribution is 2.37. The van der Waals surface area contributed by atoms with E-state index >= 15 is 0 Å². The van der Waals surface area contributed by atoms with Crippen LogP contribution in [-0.2, 0) is 22.5 Å². The molecule has 1 N–H and O–H groups in total. The number of unbranched alkanes of at least 4 members (excludes halogenated alkanes) is 2. The molecule has 2 aromatic heterocycles. The lowest BCUT2D eigenvalue weighted by molar-refractivity contribution is -0.0705. The van der Waals surface area contributed by atoms with Gasteiger partial charge in [0, 0.05) is 18.1 Å². The number of hydrogen-bond acceptors (Lipinski definition) is 8. The van der Waals surface area contributed by atoms with Crippen LogP contribution in [0.15, 0.2) is 39.6 Å². The maximum atomic E-state index is 8.61. The summed E-state index contributed by atoms with van der Waals surface area (Å²) in [6.45, 7) is 1.14. The summed E-state index contributed by atoms with van der Waals surface area (Å²) in [7, 11) is 0. The van der Waals surface area contributed by atoms with Crippen molar-refractivity contribution < 1.29 is 28.3 Å². The zero-order chi connectivity index (χ0) is 21.9. The molecule has 0 aliphatic heterocycles. The zero-order valence-electron chi connectivity index (χ0n) is 16.9. The van der Waals surface area contributed by atoms with Crippen LogP contribution in [0, 0.1) is 0 Å². The van der Waals surface area contributed by atoms with Gasteiger partial charge in [-0.15, -0.1) is 0 Å². The second-order valence-corrected chi connectivity index (χ2v) is 7.46. The number of benzene rings is 1. The summed E-state index contributed by atoms with van der Waals surface area (Å²) < 4.78 is 26.6. The fourth-order valence-corrected chi connectivity index (χ4v) is 3.41. The number of rotatable bonds is 14. The Morgan fingerprint density at radius 2 is 1.84 bits per heavy atom. The molecule has 3 aromatic rings. The van der Waals surface area contributed by atoms with Crippen molar-refractivity contribution in [1.29, 1.82) is 0 Å². The van der Waals surface area contributed by atoms with Gasteiger partial charge < -0.3 is 28.3 Å². The molecule has 0 fully saturated rings. The van der Waals surface area contributed by atoms with Gasteiger partial charge in [-0.3, -0.25) is 0 Å². The molecule has 31 heavy (non-hydrogen) atoms. The minimum Gasteiger partial charge on any atom is -0.490 e. The predicted molar refractivity (Wildman–Crippen MR) is 114 cm³/mol. The molecular formula is C21H24Cl2N2O6. The van der Waals surface area contributed by atoms with E-state index in [2.05, 4.69) is 10.1 Å². The number of halogens is 2. The van der Waals surface area contributed by atoms with E-state index in [0.29, 0.717) is 46.2 Å². The van der Waals surface area contributed by atoms with Gasteiger partial charge in [0.15, 0.2) is 5.75 Å². The van der Waals surface area contributed by atoms with E-state index in [1.165, 1.54) is 6.26 Å². The van der Waals surface area contributed by atoms with Gasteiger partial charge in [-0.1, -0.05) is 28.4 Å². The zero-order valence-corrected chi connectivity index (χ0v) is 18.4. The number of aliphatic hydroxyl groups is 1. The molecule has 0 amide bonds. The molecule has 0 unspecified atom stereocenters. The van der Waals surface area contributed by atoms with Gasteiger partial charge in [0.1, 0.15) is 24.5 Å². The Balaban J connectivity index is 1.33. The fourth-order valence-electron chi connectivity index (χ4n) is 2.81. The summed E-state index contributed by atoms with van der Waals surface area (Å²) in [4.78, 5) is 4.09. The molecule has 0 saturated carbocycles. The highest BCUT2D eigenvalue weighted by molar-refractivity contribution is 6.37. The SMILES string of the molecule is OCCOCOCc1cc(CCCCCOc2c(Cl)cc(-c3ncco3)cc2Cl)on1. The Morgan fingerprint density at radius 3 is 2.58 bits per heavy atom. The highest BCUT2D eigenvalue weighted by atomic mass is 35.5. The first-order valence-electron chi connectivity index (χ1n) is 9.90. The van der Waals surface area contributed by atoms with Gasteiger partial charge in [0.05, 0.1) is 42.7 Å². The second-order valence-electron chi connectivity index (χ2n) is 6.65. The summed E-state index contributed by atoms with van der Waals surface area (Å²) >= 11 is 12.6. The molecular weight excluding hydrogens is 447 g/mol. The number of hydrogen-bond donors (Lipinski definition) is 1. The summed E-state index contributed by atoms with van der Waals surface area (Å²) in [5.74, 6) is 1.72. The second kappa shape index (κ2) is 12.7. The van der Waals surface area contributed by atoms with E-state index in [9.17, 15) is 0 Å². The van der Waals surface area contributed by atoms with E-state index in [0.717, 1.165) is 31.4 Å². The van der Waals surface area contributed by atoms with Gasteiger partial charge in [0.2, 0.25) is 5.89 Å². The summed E-state index contributed by atoms with van der Waals surface area (Å²) in [5, 5.41) is 13.4. The summed E-state index contributed by atoms with van der Waals surface area (Å²) in [6.07, 6.45) is 6.56. The van der Waals surface area contributed by atoms with E-state index in [4.69, 9.17) is 51.5 Å². The molecule has 0 spiro atoms. The van der Waals surface area contributed by atoms with Crippen LogP contribution in [0.1, 0.15) is 30.7 Å². The van der Waals surface area contributed by atoms with Crippen molar-refractivity contribution >= 4 is 23.2 Å². The Bertz CT molecular complexity index is 893. The van der Waals surface area contributed by atoms with E-state index < -0.39 is 0 Å².